The number of amides is 2. The highest BCUT2D eigenvalue weighted by atomic mass is 16.5. The lowest BCUT2D eigenvalue weighted by molar-refractivity contribution is -0.121. The standard InChI is InChI=1S/C24H26N2O4/c1-15-5-8-20(29-4)19(13-15)26-23(27)21(18-7-6-16(2)17(3)14-18)22(24(26)28)25-9-11-30-12-10-25/h5-8,13-14H,9-12H2,1-4H3. The highest BCUT2D eigenvalue weighted by molar-refractivity contribution is 6.45. The van der Waals surface area contributed by atoms with Gasteiger partial charge < -0.3 is 14.4 Å². The molecule has 0 spiro atoms. The predicted octanol–water partition coefficient (Wildman–Crippen LogP) is 3.24. The summed E-state index contributed by atoms with van der Waals surface area (Å²) in [5.74, 6) is -0.155. The van der Waals surface area contributed by atoms with Crippen molar-refractivity contribution < 1.29 is 19.1 Å². The third-order valence-corrected chi connectivity index (χ3v) is 5.76. The van der Waals surface area contributed by atoms with E-state index < -0.39 is 0 Å². The van der Waals surface area contributed by atoms with E-state index in [-0.39, 0.29) is 11.8 Å². The summed E-state index contributed by atoms with van der Waals surface area (Å²) >= 11 is 0. The zero-order valence-corrected chi connectivity index (χ0v) is 17.8. The van der Waals surface area contributed by atoms with Gasteiger partial charge in [-0.05, 0) is 55.2 Å². The van der Waals surface area contributed by atoms with Crippen LogP contribution in [-0.4, -0.2) is 50.1 Å². The van der Waals surface area contributed by atoms with E-state index >= 15 is 0 Å². The van der Waals surface area contributed by atoms with Gasteiger partial charge in [0.2, 0.25) is 0 Å². The second-order valence-corrected chi connectivity index (χ2v) is 7.74. The Labute approximate surface area is 176 Å². The Morgan fingerprint density at radius 3 is 2.30 bits per heavy atom. The molecule has 2 aromatic rings. The van der Waals surface area contributed by atoms with Crippen molar-refractivity contribution in [2.24, 2.45) is 0 Å². The molecular formula is C24H26N2O4. The van der Waals surface area contributed by atoms with Gasteiger partial charge in [0.15, 0.2) is 0 Å². The highest BCUT2D eigenvalue weighted by Crippen LogP contribution is 2.39. The summed E-state index contributed by atoms with van der Waals surface area (Å²) in [4.78, 5) is 30.5. The molecule has 1 saturated heterocycles. The fraction of sp³-hybridized carbons (Fsp3) is 0.333. The number of carbonyl (C=O) groups excluding carboxylic acids is 2. The number of imide groups is 1. The minimum atomic E-state index is -0.325. The maximum absolute atomic E-state index is 13.7. The van der Waals surface area contributed by atoms with E-state index in [9.17, 15) is 9.59 Å². The van der Waals surface area contributed by atoms with Crippen LogP contribution in [0.4, 0.5) is 5.69 Å². The summed E-state index contributed by atoms with van der Waals surface area (Å²) in [6, 6.07) is 11.4. The van der Waals surface area contributed by atoms with E-state index in [1.54, 1.807) is 13.2 Å². The van der Waals surface area contributed by atoms with Gasteiger partial charge in [-0.3, -0.25) is 9.59 Å². The topological polar surface area (TPSA) is 59.1 Å². The van der Waals surface area contributed by atoms with Gasteiger partial charge in [0.1, 0.15) is 11.4 Å². The summed E-state index contributed by atoms with van der Waals surface area (Å²) in [5, 5.41) is 0. The minimum Gasteiger partial charge on any atom is -0.495 e. The van der Waals surface area contributed by atoms with Crippen molar-refractivity contribution in [3.63, 3.8) is 0 Å². The molecule has 6 heteroatoms. The SMILES string of the molecule is COc1ccc(C)cc1N1C(=O)C(c2ccc(C)c(C)c2)=C(N2CCOCC2)C1=O. The zero-order chi connectivity index (χ0) is 21.4. The van der Waals surface area contributed by atoms with Crippen molar-refractivity contribution in [3.8, 4) is 5.75 Å². The van der Waals surface area contributed by atoms with E-state index in [0.29, 0.717) is 49.0 Å². The summed E-state index contributed by atoms with van der Waals surface area (Å²) in [6.07, 6.45) is 0. The maximum Gasteiger partial charge on any atom is 0.282 e. The molecule has 0 aliphatic carbocycles. The molecule has 1 fully saturated rings. The van der Waals surface area contributed by atoms with Gasteiger partial charge >= 0.3 is 0 Å². The van der Waals surface area contributed by atoms with Gasteiger partial charge in [-0.1, -0.05) is 24.3 Å². The van der Waals surface area contributed by atoms with E-state index in [2.05, 4.69) is 0 Å². The smallest absolute Gasteiger partial charge is 0.282 e. The van der Waals surface area contributed by atoms with E-state index in [1.165, 1.54) is 4.90 Å². The number of benzene rings is 2. The molecule has 156 valence electrons. The van der Waals surface area contributed by atoms with Crippen LogP contribution in [0.2, 0.25) is 0 Å². The minimum absolute atomic E-state index is 0.320. The van der Waals surface area contributed by atoms with Gasteiger partial charge in [-0.25, -0.2) is 4.90 Å². The Morgan fingerprint density at radius 2 is 1.63 bits per heavy atom. The normalized spacial score (nSPS) is 17.2. The quantitative estimate of drug-likeness (QED) is 0.730. The molecule has 2 aromatic carbocycles. The molecule has 2 heterocycles. The fourth-order valence-electron chi connectivity index (χ4n) is 3.95. The second-order valence-electron chi connectivity index (χ2n) is 7.74. The van der Waals surface area contributed by atoms with Crippen LogP contribution in [0.15, 0.2) is 42.1 Å². The number of morpholine rings is 1. The van der Waals surface area contributed by atoms with Gasteiger partial charge in [0.05, 0.1) is 31.6 Å². The molecule has 0 N–H and O–H groups in total. The molecule has 0 radical (unpaired) electrons. The van der Waals surface area contributed by atoms with Gasteiger partial charge in [0.25, 0.3) is 11.8 Å². The summed E-state index contributed by atoms with van der Waals surface area (Å²) < 4.78 is 10.9. The van der Waals surface area contributed by atoms with Crippen molar-refractivity contribution in [1.82, 2.24) is 4.90 Å². The lowest BCUT2D eigenvalue weighted by atomic mass is 9.99. The monoisotopic (exact) mass is 406 g/mol. The lowest BCUT2D eigenvalue weighted by Crippen LogP contribution is -2.40. The average molecular weight is 406 g/mol. The molecule has 2 aliphatic rings. The van der Waals surface area contributed by atoms with E-state index in [4.69, 9.17) is 9.47 Å². The van der Waals surface area contributed by atoms with Crippen molar-refractivity contribution >= 4 is 23.1 Å². The van der Waals surface area contributed by atoms with Crippen LogP contribution in [0.3, 0.4) is 0 Å². The molecule has 6 nitrogen and oxygen atoms in total. The van der Waals surface area contributed by atoms with Crippen LogP contribution in [0, 0.1) is 20.8 Å². The van der Waals surface area contributed by atoms with Crippen molar-refractivity contribution in [2.75, 3.05) is 38.3 Å². The van der Waals surface area contributed by atoms with Crippen LogP contribution < -0.4 is 9.64 Å². The Kier molecular flexibility index (Phi) is 5.35. The molecule has 2 amide bonds. The Bertz CT molecular complexity index is 1050. The third-order valence-electron chi connectivity index (χ3n) is 5.76. The van der Waals surface area contributed by atoms with Gasteiger partial charge in [0, 0.05) is 13.1 Å². The molecule has 0 aromatic heterocycles. The predicted molar refractivity (Wildman–Crippen MR) is 115 cm³/mol. The van der Waals surface area contributed by atoms with Gasteiger partial charge in [-0.15, -0.1) is 0 Å². The van der Waals surface area contributed by atoms with E-state index in [1.807, 2.05) is 56.0 Å². The molecule has 30 heavy (non-hydrogen) atoms. The molecule has 0 unspecified atom stereocenters. The first-order valence-electron chi connectivity index (χ1n) is 10.1. The van der Waals surface area contributed by atoms with Gasteiger partial charge in [-0.2, -0.15) is 0 Å². The molecular weight excluding hydrogens is 380 g/mol. The molecule has 0 bridgehead atoms. The molecule has 2 aliphatic heterocycles. The number of ether oxygens (including phenoxy) is 2. The third kappa shape index (κ3) is 3.37. The average Bonchev–Trinajstić information content (AvgIpc) is 3.00. The van der Waals surface area contributed by atoms with E-state index in [0.717, 1.165) is 22.3 Å². The van der Waals surface area contributed by atoms with Crippen molar-refractivity contribution in [2.45, 2.75) is 20.8 Å². The lowest BCUT2D eigenvalue weighted by Gasteiger charge is -2.29. The van der Waals surface area contributed by atoms with Crippen LogP contribution in [0.5, 0.6) is 5.75 Å². The van der Waals surface area contributed by atoms with Crippen LogP contribution in [0.25, 0.3) is 5.57 Å². The number of nitrogens with zero attached hydrogens (tertiary/aromatic N) is 2. The number of methoxy groups -OCH3 is 1. The fourth-order valence-corrected chi connectivity index (χ4v) is 3.95. The summed E-state index contributed by atoms with van der Waals surface area (Å²) in [5.41, 5.74) is 5.26. The molecule has 0 atom stereocenters. The Morgan fingerprint density at radius 1 is 0.900 bits per heavy atom. The number of hydrogen-bond acceptors (Lipinski definition) is 5. The first-order valence-corrected chi connectivity index (χ1v) is 10.1. The number of hydrogen-bond donors (Lipinski definition) is 0. The first-order chi connectivity index (χ1) is 14.4. The highest BCUT2D eigenvalue weighted by Gasteiger charge is 2.43. The Hall–Kier alpha value is -3.12. The first kappa shape index (κ1) is 20.2. The number of rotatable bonds is 4. The molecule has 4 rings (SSSR count). The van der Waals surface area contributed by atoms with Crippen LogP contribution >= 0.6 is 0 Å². The van der Waals surface area contributed by atoms with Crippen LogP contribution in [0.1, 0.15) is 22.3 Å². The zero-order valence-electron chi connectivity index (χ0n) is 17.8. The van der Waals surface area contributed by atoms with Crippen molar-refractivity contribution in [1.29, 1.82) is 0 Å². The van der Waals surface area contributed by atoms with Crippen molar-refractivity contribution in [3.05, 3.63) is 64.3 Å². The molecule has 0 saturated carbocycles. The largest absolute Gasteiger partial charge is 0.495 e. The number of anilines is 1. The van der Waals surface area contributed by atoms with Crippen LogP contribution in [-0.2, 0) is 14.3 Å². The summed E-state index contributed by atoms with van der Waals surface area (Å²) in [7, 11) is 1.54. The Balaban J connectivity index is 1.88. The number of aryl methyl sites for hydroxylation is 3. The maximum atomic E-state index is 13.7. The number of carbonyl (C=O) groups is 2. The second kappa shape index (κ2) is 7.95. The summed E-state index contributed by atoms with van der Waals surface area (Å²) in [6.45, 7) is 8.16.